The van der Waals surface area contributed by atoms with Crippen LogP contribution in [0.5, 0.6) is 0 Å². The summed E-state index contributed by atoms with van der Waals surface area (Å²) in [5.74, 6) is 0. The summed E-state index contributed by atoms with van der Waals surface area (Å²) >= 11 is 1.95. The molecule has 1 aliphatic rings. The third-order valence-electron chi connectivity index (χ3n) is 5.27. The van der Waals surface area contributed by atoms with Crippen molar-refractivity contribution in [3.63, 3.8) is 0 Å². The SMILES string of the molecule is CCc1c2sc3ccc4c(c3c2nc[n+]1C)[Si](C)(C)C[SiH]4C. The second-order valence-electron chi connectivity index (χ2n) is 7.33. The van der Waals surface area contributed by atoms with Gasteiger partial charge in [-0.25, -0.2) is 4.57 Å². The maximum atomic E-state index is 4.86. The van der Waals surface area contributed by atoms with Gasteiger partial charge in [0.1, 0.15) is 10.4 Å². The molecule has 0 N–H and O–H groups in total. The van der Waals surface area contributed by atoms with E-state index in [1.54, 1.807) is 10.4 Å². The average molecular weight is 344 g/mol. The third kappa shape index (κ3) is 1.82. The normalized spacial score (nSPS) is 20.0. The molecular weight excluding hydrogens is 320 g/mol. The van der Waals surface area contributed by atoms with Gasteiger partial charge in [-0.1, -0.05) is 43.5 Å². The Bertz CT molecular complexity index is 914. The molecule has 0 bridgehead atoms. The molecule has 2 aromatic heterocycles. The minimum Gasteiger partial charge on any atom is -0.236 e. The van der Waals surface area contributed by atoms with Gasteiger partial charge in [-0.15, -0.1) is 11.3 Å². The Morgan fingerprint density at radius 2 is 2.14 bits per heavy atom. The van der Waals surface area contributed by atoms with Crippen LogP contribution in [-0.4, -0.2) is 21.9 Å². The molecule has 0 aliphatic carbocycles. The monoisotopic (exact) mass is 343 g/mol. The maximum Gasteiger partial charge on any atom is 0.286 e. The largest absolute Gasteiger partial charge is 0.286 e. The zero-order chi connectivity index (χ0) is 15.6. The lowest BCUT2D eigenvalue weighted by molar-refractivity contribution is -0.680. The van der Waals surface area contributed by atoms with Gasteiger partial charge in [0.2, 0.25) is 5.52 Å². The molecule has 1 aliphatic heterocycles. The van der Waals surface area contributed by atoms with Gasteiger partial charge in [-0.3, -0.25) is 0 Å². The van der Waals surface area contributed by atoms with E-state index in [0.717, 1.165) is 6.42 Å². The first-order chi connectivity index (χ1) is 10.4. The summed E-state index contributed by atoms with van der Waals surface area (Å²) in [6.45, 7) is 9.91. The Labute approximate surface area is 138 Å². The maximum absolute atomic E-state index is 4.86. The number of nitrogens with zero attached hydrogens (tertiary/aromatic N) is 2. The molecular formula is C17H23N2SSi2+. The predicted molar refractivity (Wildman–Crippen MR) is 102 cm³/mol. The summed E-state index contributed by atoms with van der Waals surface area (Å²) < 4.78 is 5.05. The van der Waals surface area contributed by atoms with Crippen LogP contribution in [0.3, 0.4) is 0 Å². The van der Waals surface area contributed by atoms with Crippen LogP contribution in [0.4, 0.5) is 0 Å². The van der Waals surface area contributed by atoms with Crippen LogP contribution in [-0.2, 0) is 13.5 Å². The summed E-state index contributed by atoms with van der Waals surface area (Å²) in [5.41, 5.74) is 4.21. The topological polar surface area (TPSA) is 16.8 Å². The van der Waals surface area contributed by atoms with Gasteiger partial charge in [0.15, 0.2) is 0 Å². The van der Waals surface area contributed by atoms with Gasteiger partial charge in [0, 0.05) is 16.5 Å². The summed E-state index contributed by atoms with van der Waals surface area (Å²) in [6, 6.07) is 4.83. The number of aromatic nitrogens is 2. The lowest BCUT2D eigenvalue weighted by Crippen LogP contribution is -2.42. The first kappa shape index (κ1) is 14.5. The van der Waals surface area contributed by atoms with Crippen molar-refractivity contribution < 1.29 is 4.57 Å². The third-order valence-corrected chi connectivity index (χ3v) is 16.7. The van der Waals surface area contributed by atoms with Crippen molar-refractivity contribution in [2.24, 2.45) is 7.05 Å². The standard InChI is InChI=1S/C17H23N2SSi2/c1-6-11-16-15(18-9-19(11)2)14-12(20-16)7-8-13-17(14)22(4,5)10-21(13)3/h7-9,21H,6,10H2,1-5H3/q+1. The van der Waals surface area contributed by atoms with Crippen molar-refractivity contribution in [3.05, 3.63) is 24.2 Å². The lowest BCUT2D eigenvalue weighted by Gasteiger charge is -2.17. The van der Waals surface area contributed by atoms with Gasteiger partial charge in [-0.05, 0) is 16.2 Å². The average Bonchev–Trinajstić information content (AvgIpc) is 2.93. The molecule has 0 spiro atoms. The molecule has 0 fully saturated rings. The number of hydrogen-bond acceptors (Lipinski definition) is 2. The molecule has 1 unspecified atom stereocenters. The Morgan fingerprint density at radius 1 is 1.36 bits per heavy atom. The minimum atomic E-state index is -1.29. The Hall–Kier alpha value is -1.05. The van der Waals surface area contributed by atoms with Crippen molar-refractivity contribution in [2.75, 3.05) is 0 Å². The first-order valence-electron chi connectivity index (χ1n) is 8.17. The molecule has 3 heterocycles. The fraction of sp³-hybridized carbons (Fsp3) is 0.412. The zero-order valence-corrected chi connectivity index (χ0v) is 17.0. The molecule has 22 heavy (non-hydrogen) atoms. The molecule has 0 radical (unpaired) electrons. The molecule has 1 atom stereocenters. The van der Waals surface area contributed by atoms with Crippen LogP contribution >= 0.6 is 11.3 Å². The number of rotatable bonds is 1. The summed E-state index contributed by atoms with van der Waals surface area (Å²) in [4.78, 5) is 4.86. The fourth-order valence-corrected chi connectivity index (χ4v) is 18.4. The van der Waals surface area contributed by atoms with E-state index in [4.69, 9.17) is 4.98 Å². The Morgan fingerprint density at radius 3 is 2.86 bits per heavy atom. The molecule has 5 heteroatoms. The number of aryl methyl sites for hydroxylation is 2. The molecule has 114 valence electrons. The van der Waals surface area contributed by atoms with Crippen LogP contribution in [0.15, 0.2) is 18.5 Å². The van der Waals surface area contributed by atoms with E-state index < -0.39 is 16.9 Å². The Kier molecular flexibility index (Phi) is 3.12. The number of benzene rings is 1. The second kappa shape index (κ2) is 4.72. The highest BCUT2D eigenvalue weighted by atomic mass is 32.1. The van der Waals surface area contributed by atoms with E-state index in [2.05, 4.69) is 50.3 Å². The van der Waals surface area contributed by atoms with Crippen LogP contribution in [0.25, 0.3) is 20.3 Å². The van der Waals surface area contributed by atoms with Crippen LogP contribution < -0.4 is 14.9 Å². The van der Waals surface area contributed by atoms with Crippen LogP contribution in [0, 0.1) is 0 Å². The number of hydrogen-bond donors (Lipinski definition) is 0. The van der Waals surface area contributed by atoms with E-state index in [1.165, 1.54) is 31.7 Å². The zero-order valence-electron chi connectivity index (χ0n) is 14.0. The van der Waals surface area contributed by atoms with Crippen molar-refractivity contribution in [1.82, 2.24) is 4.98 Å². The van der Waals surface area contributed by atoms with Crippen molar-refractivity contribution in [3.8, 4) is 0 Å². The predicted octanol–water partition coefficient (Wildman–Crippen LogP) is 2.37. The molecule has 2 nitrogen and oxygen atoms in total. The molecule has 3 aromatic rings. The molecule has 0 amide bonds. The number of fused-ring (bicyclic) bond motifs is 5. The van der Waals surface area contributed by atoms with Crippen LogP contribution in [0.1, 0.15) is 12.6 Å². The van der Waals surface area contributed by atoms with E-state index in [-0.39, 0.29) is 0 Å². The fourth-order valence-electron chi connectivity index (χ4n) is 4.41. The summed E-state index contributed by atoms with van der Waals surface area (Å²) in [6.07, 6.45) is 3.08. The van der Waals surface area contributed by atoms with Gasteiger partial charge in [0.05, 0.1) is 23.9 Å². The van der Waals surface area contributed by atoms with Crippen molar-refractivity contribution in [1.29, 1.82) is 0 Å². The van der Waals surface area contributed by atoms with E-state index in [0.29, 0.717) is 0 Å². The van der Waals surface area contributed by atoms with Gasteiger partial charge >= 0.3 is 0 Å². The lowest BCUT2D eigenvalue weighted by atomic mass is 10.2. The van der Waals surface area contributed by atoms with Crippen molar-refractivity contribution in [2.45, 2.75) is 38.7 Å². The molecule has 0 saturated heterocycles. The van der Waals surface area contributed by atoms with E-state index >= 15 is 0 Å². The Balaban J connectivity index is 2.21. The quantitative estimate of drug-likeness (QED) is 0.490. The van der Waals surface area contributed by atoms with Gasteiger partial charge in [0.25, 0.3) is 6.33 Å². The van der Waals surface area contributed by atoms with E-state index in [1.807, 2.05) is 17.7 Å². The number of thiophene rings is 1. The first-order valence-corrected chi connectivity index (χ1v) is 14.7. The highest BCUT2D eigenvalue weighted by Gasteiger charge is 2.40. The van der Waals surface area contributed by atoms with Crippen molar-refractivity contribution >= 4 is 58.9 Å². The molecule has 4 rings (SSSR count). The smallest absolute Gasteiger partial charge is 0.236 e. The minimum absolute atomic E-state index is 0.731. The summed E-state index contributed by atoms with van der Waals surface area (Å²) in [5, 5.41) is 5.00. The van der Waals surface area contributed by atoms with Crippen LogP contribution in [0.2, 0.25) is 25.3 Å². The molecule has 1 aromatic carbocycles. The highest BCUT2D eigenvalue weighted by molar-refractivity contribution is 7.26. The van der Waals surface area contributed by atoms with Gasteiger partial charge < -0.3 is 0 Å². The summed E-state index contributed by atoms with van der Waals surface area (Å²) in [7, 11) is 0.0989. The second-order valence-corrected chi connectivity index (χ2v) is 16.7. The molecule has 0 saturated carbocycles. The highest BCUT2D eigenvalue weighted by Crippen LogP contribution is 2.35. The van der Waals surface area contributed by atoms with Gasteiger partial charge in [-0.2, -0.15) is 0 Å². The van der Waals surface area contributed by atoms with E-state index in [9.17, 15) is 0 Å².